The van der Waals surface area contributed by atoms with Gasteiger partial charge in [-0.25, -0.2) is 22.3 Å². The molecule has 1 atom stereocenters. The molecule has 4 heterocycles. The van der Waals surface area contributed by atoms with Gasteiger partial charge in [-0.2, -0.15) is 4.31 Å². The minimum Gasteiger partial charge on any atom is -0.392 e. The van der Waals surface area contributed by atoms with E-state index < -0.39 is 16.1 Å². The van der Waals surface area contributed by atoms with Gasteiger partial charge in [0.25, 0.3) is 0 Å². The van der Waals surface area contributed by atoms with Crippen LogP contribution in [0, 0.1) is 5.82 Å². The minimum absolute atomic E-state index is 0.141. The Kier molecular flexibility index (Phi) is 5.63. The Balaban J connectivity index is 0.000000145. The van der Waals surface area contributed by atoms with Crippen molar-refractivity contribution in [2.24, 2.45) is 0 Å². The van der Waals surface area contributed by atoms with E-state index in [2.05, 4.69) is 15.0 Å². The molecule has 3 aliphatic rings. The van der Waals surface area contributed by atoms with E-state index in [1.807, 2.05) is 0 Å². The van der Waals surface area contributed by atoms with Crippen molar-refractivity contribution >= 4 is 27.3 Å². The first kappa shape index (κ1) is 20.3. The first-order valence-electron chi connectivity index (χ1n) is 10.1. The number of aromatic nitrogens is 3. The zero-order valence-corrected chi connectivity index (χ0v) is 17.1. The normalized spacial score (nSPS) is 23.2. The molecule has 0 bridgehead atoms. The lowest BCUT2D eigenvalue weighted by Gasteiger charge is -2.29. The number of sulfonamides is 1. The molecular weight excluding hydrogens is 399 g/mol. The molecule has 9 nitrogen and oxygen atoms in total. The summed E-state index contributed by atoms with van der Waals surface area (Å²) >= 11 is 0. The van der Waals surface area contributed by atoms with Crippen molar-refractivity contribution < 1.29 is 17.9 Å². The first-order chi connectivity index (χ1) is 13.9. The summed E-state index contributed by atoms with van der Waals surface area (Å²) in [5.41, 5.74) is 5.89. The van der Waals surface area contributed by atoms with Gasteiger partial charge < -0.3 is 15.7 Å². The number of aliphatic hydroxyl groups is 1. The van der Waals surface area contributed by atoms with E-state index in [1.54, 1.807) is 0 Å². The fourth-order valence-corrected chi connectivity index (χ4v) is 5.77. The lowest BCUT2D eigenvalue weighted by molar-refractivity contribution is 0.108. The lowest BCUT2D eigenvalue weighted by atomic mass is 10.1. The fraction of sp³-hybridized carbons (Fsp3) is 0.667. The molecule has 1 saturated carbocycles. The van der Waals surface area contributed by atoms with Gasteiger partial charge >= 0.3 is 0 Å². The number of nitrogens with zero attached hydrogens (tertiary/aromatic N) is 5. The molecule has 5 rings (SSSR count). The van der Waals surface area contributed by atoms with E-state index in [4.69, 9.17) is 5.73 Å². The van der Waals surface area contributed by atoms with Crippen molar-refractivity contribution in [2.75, 3.05) is 36.8 Å². The van der Waals surface area contributed by atoms with E-state index in [-0.39, 0.29) is 17.0 Å². The molecule has 2 aromatic rings. The third kappa shape index (κ3) is 4.31. The zero-order chi connectivity index (χ0) is 20.6. The molecule has 1 unspecified atom stereocenters. The summed E-state index contributed by atoms with van der Waals surface area (Å²) in [6.07, 6.45) is 6.35. The Labute approximate surface area is 169 Å². The molecule has 3 fully saturated rings. The first-order valence-corrected chi connectivity index (χ1v) is 11.6. The van der Waals surface area contributed by atoms with Crippen molar-refractivity contribution in [2.45, 2.75) is 49.9 Å². The van der Waals surface area contributed by atoms with Crippen LogP contribution < -0.4 is 10.6 Å². The largest absolute Gasteiger partial charge is 0.392 e. The average Bonchev–Trinajstić information content (AvgIpc) is 3.33. The number of β-amino-alcohol motifs (C(OH)–C–C–N with tert-alkyl or cyclic N) is 1. The maximum absolute atomic E-state index is 13.6. The van der Waals surface area contributed by atoms with Gasteiger partial charge in [0.05, 0.1) is 17.6 Å². The number of rotatable bonds is 3. The average molecular weight is 427 g/mol. The van der Waals surface area contributed by atoms with Gasteiger partial charge in [-0.15, -0.1) is 5.10 Å². The van der Waals surface area contributed by atoms with Crippen LogP contribution in [0.4, 0.5) is 16.2 Å². The molecule has 2 saturated heterocycles. The summed E-state index contributed by atoms with van der Waals surface area (Å²) in [6.45, 7) is 2.78. The molecule has 1 aliphatic carbocycles. The summed E-state index contributed by atoms with van der Waals surface area (Å²) in [6, 6.07) is 1.49. The van der Waals surface area contributed by atoms with E-state index >= 15 is 0 Å². The summed E-state index contributed by atoms with van der Waals surface area (Å²) in [4.78, 5) is 5.91. The highest BCUT2D eigenvalue weighted by molar-refractivity contribution is 7.90. The van der Waals surface area contributed by atoms with Crippen LogP contribution in [0.15, 0.2) is 12.3 Å². The molecule has 160 valence electrons. The second-order valence-electron chi connectivity index (χ2n) is 7.86. The van der Waals surface area contributed by atoms with Crippen LogP contribution in [0.5, 0.6) is 0 Å². The SMILES string of the molecule is Nc1ncc2c(F)cc(N3CCCC3)n2n1.O=S(=O)(C1CC1)N1CCCC(O)C1. The second kappa shape index (κ2) is 8.04. The van der Waals surface area contributed by atoms with Gasteiger partial charge in [0.15, 0.2) is 5.82 Å². The van der Waals surface area contributed by atoms with Crippen LogP contribution in [0.2, 0.25) is 0 Å². The maximum atomic E-state index is 13.6. The Morgan fingerprint density at radius 2 is 1.86 bits per heavy atom. The quantitative estimate of drug-likeness (QED) is 0.751. The maximum Gasteiger partial charge on any atom is 0.238 e. The minimum atomic E-state index is -3.05. The highest BCUT2D eigenvalue weighted by Crippen LogP contribution is 2.32. The number of hydrogen-bond donors (Lipinski definition) is 2. The number of halogens is 1. The number of piperidine rings is 1. The van der Waals surface area contributed by atoms with Crippen LogP contribution >= 0.6 is 0 Å². The highest BCUT2D eigenvalue weighted by Gasteiger charge is 2.41. The van der Waals surface area contributed by atoms with Crippen molar-refractivity contribution in [1.82, 2.24) is 18.9 Å². The van der Waals surface area contributed by atoms with Crippen molar-refractivity contribution in [3.8, 4) is 0 Å². The molecule has 2 aromatic heterocycles. The van der Waals surface area contributed by atoms with Crippen LogP contribution in [0.1, 0.15) is 38.5 Å². The standard InChI is InChI=1S/C10H12FN5.C8H15NO3S/c11-7-5-9(15-3-1-2-4-15)16-8(7)6-13-10(12)14-16;10-7-2-1-5-9(6-7)13(11,12)8-3-4-8/h5-6H,1-4H2,(H2,12,14);7-8,10H,1-6H2. The predicted molar refractivity (Wildman–Crippen MR) is 108 cm³/mol. The van der Waals surface area contributed by atoms with E-state index in [0.717, 1.165) is 57.4 Å². The molecular formula is C18H27FN6O3S. The predicted octanol–water partition coefficient (Wildman–Crippen LogP) is 0.986. The van der Waals surface area contributed by atoms with Crippen LogP contribution in [0.25, 0.3) is 5.52 Å². The summed E-state index contributed by atoms with van der Waals surface area (Å²) < 4.78 is 40.0. The van der Waals surface area contributed by atoms with E-state index in [9.17, 15) is 17.9 Å². The summed E-state index contributed by atoms with van der Waals surface area (Å²) in [7, 11) is -3.05. The molecule has 0 amide bonds. The molecule has 0 aromatic carbocycles. The van der Waals surface area contributed by atoms with Crippen molar-refractivity contribution in [1.29, 1.82) is 0 Å². The van der Waals surface area contributed by atoms with Gasteiger partial charge in [0.1, 0.15) is 11.3 Å². The van der Waals surface area contributed by atoms with Crippen LogP contribution in [-0.4, -0.2) is 70.0 Å². The Morgan fingerprint density at radius 1 is 1.14 bits per heavy atom. The topological polar surface area (TPSA) is 117 Å². The number of anilines is 2. The second-order valence-corrected chi connectivity index (χ2v) is 10.1. The van der Waals surface area contributed by atoms with Gasteiger partial charge in [0.2, 0.25) is 16.0 Å². The van der Waals surface area contributed by atoms with E-state index in [0.29, 0.717) is 18.6 Å². The molecule has 3 N–H and O–H groups in total. The number of aliphatic hydroxyl groups excluding tert-OH is 1. The van der Waals surface area contributed by atoms with Gasteiger partial charge in [-0.1, -0.05) is 0 Å². The Morgan fingerprint density at radius 3 is 2.52 bits per heavy atom. The Hall–Kier alpha value is -1.98. The Bertz CT molecular complexity index is 971. The molecule has 11 heteroatoms. The number of fused-ring (bicyclic) bond motifs is 1. The lowest BCUT2D eigenvalue weighted by Crippen LogP contribution is -2.43. The smallest absolute Gasteiger partial charge is 0.238 e. The molecule has 0 radical (unpaired) electrons. The monoisotopic (exact) mass is 426 g/mol. The van der Waals surface area contributed by atoms with Crippen molar-refractivity contribution in [3.63, 3.8) is 0 Å². The van der Waals surface area contributed by atoms with Crippen LogP contribution in [0.3, 0.4) is 0 Å². The van der Waals surface area contributed by atoms with Gasteiger partial charge in [0, 0.05) is 32.2 Å². The molecule has 0 spiro atoms. The number of nitrogens with two attached hydrogens (primary N) is 1. The van der Waals surface area contributed by atoms with E-state index in [1.165, 1.54) is 21.1 Å². The molecule has 29 heavy (non-hydrogen) atoms. The van der Waals surface area contributed by atoms with Gasteiger partial charge in [-0.3, -0.25) is 0 Å². The van der Waals surface area contributed by atoms with Crippen molar-refractivity contribution in [3.05, 3.63) is 18.1 Å². The number of nitrogen functional groups attached to an aromatic ring is 1. The highest BCUT2D eigenvalue weighted by atomic mass is 32.2. The summed E-state index contributed by atoms with van der Waals surface area (Å²) in [5, 5.41) is 13.2. The number of hydrogen-bond acceptors (Lipinski definition) is 7. The summed E-state index contributed by atoms with van der Waals surface area (Å²) in [5.74, 6) is 0.615. The van der Waals surface area contributed by atoms with Gasteiger partial charge in [-0.05, 0) is 38.5 Å². The molecule has 2 aliphatic heterocycles. The zero-order valence-electron chi connectivity index (χ0n) is 16.2. The fourth-order valence-electron chi connectivity index (χ4n) is 3.85. The van der Waals surface area contributed by atoms with Crippen LogP contribution in [-0.2, 0) is 10.0 Å². The third-order valence-electron chi connectivity index (χ3n) is 5.56. The third-order valence-corrected chi connectivity index (χ3v) is 7.93.